The maximum absolute atomic E-state index is 11.9. The van der Waals surface area contributed by atoms with Crippen LogP contribution in [-0.2, 0) is 17.8 Å². The number of nitrogens with two attached hydrogens (primary N) is 1. The lowest BCUT2D eigenvalue weighted by Crippen LogP contribution is -2.26. The van der Waals surface area contributed by atoms with E-state index in [4.69, 9.17) is 5.73 Å². The summed E-state index contributed by atoms with van der Waals surface area (Å²) in [6, 6.07) is 9.93. The molecular formula is C18H18N2O2. The summed E-state index contributed by atoms with van der Waals surface area (Å²) in [5.41, 5.74) is 12.2. The lowest BCUT2D eigenvalue weighted by atomic mass is 9.87. The smallest absolute Gasteiger partial charge is 0.227 e. The summed E-state index contributed by atoms with van der Waals surface area (Å²) >= 11 is 0. The van der Waals surface area contributed by atoms with Gasteiger partial charge in [-0.25, -0.2) is 0 Å². The van der Waals surface area contributed by atoms with Crippen molar-refractivity contribution in [3.63, 3.8) is 0 Å². The minimum Gasteiger partial charge on any atom is -0.398 e. The molecule has 0 fully saturated rings. The van der Waals surface area contributed by atoms with Crippen molar-refractivity contribution in [3.8, 4) is 11.1 Å². The Labute approximate surface area is 129 Å². The maximum Gasteiger partial charge on any atom is 0.227 e. The van der Waals surface area contributed by atoms with E-state index in [0.717, 1.165) is 29.7 Å². The average Bonchev–Trinajstić information content (AvgIpc) is 2.56. The molecule has 0 atom stereocenters. The van der Waals surface area contributed by atoms with E-state index in [1.807, 2.05) is 31.2 Å². The van der Waals surface area contributed by atoms with Gasteiger partial charge in [-0.3, -0.25) is 9.59 Å². The van der Waals surface area contributed by atoms with Gasteiger partial charge in [-0.15, -0.1) is 0 Å². The van der Waals surface area contributed by atoms with Gasteiger partial charge in [-0.05, 0) is 48.2 Å². The quantitative estimate of drug-likeness (QED) is 0.394. The predicted octanol–water partition coefficient (Wildman–Crippen LogP) is 2.27. The van der Waals surface area contributed by atoms with Crippen molar-refractivity contribution in [2.75, 3.05) is 12.3 Å². The highest BCUT2D eigenvalue weighted by Gasteiger charge is 2.22. The van der Waals surface area contributed by atoms with Crippen molar-refractivity contribution in [1.29, 1.82) is 0 Å². The fraction of sp³-hybridized carbons (Fsp3) is 0.222. The molecule has 22 heavy (non-hydrogen) atoms. The Bertz CT molecular complexity index is 749. The third-order valence-electron chi connectivity index (χ3n) is 4.18. The lowest BCUT2D eigenvalue weighted by molar-refractivity contribution is -0.104. The lowest BCUT2D eigenvalue weighted by Gasteiger charge is -2.24. The van der Waals surface area contributed by atoms with Gasteiger partial charge in [0.05, 0.1) is 0 Å². The third kappa shape index (κ3) is 2.42. The zero-order valence-electron chi connectivity index (χ0n) is 12.5. The molecule has 1 heterocycles. The van der Waals surface area contributed by atoms with Crippen molar-refractivity contribution < 1.29 is 9.59 Å². The van der Waals surface area contributed by atoms with Crippen LogP contribution >= 0.6 is 0 Å². The third-order valence-corrected chi connectivity index (χ3v) is 4.18. The maximum atomic E-state index is 11.9. The molecule has 4 heteroatoms. The van der Waals surface area contributed by atoms with E-state index in [2.05, 4.69) is 5.32 Å². The molecule has 2 aromatic carbocycles. The number of rotatable bonds is 3. The van der Waals surface area contributed by atoms with Crippen molar-refractivity contribution in [2.45, 2.75) is 19.9 Å². The topological polar surface area (TPSA) is 72.2 Å². The number of fused-ring (bicyclic) bond motifs is 1. The summed E-state index contributed by atoms with van der Waals surface area (Å²) < 4.78 is 0. The fourth-order valence-electron chi connectivity index (χ4n) is 2.97. The second-order valence-corrected chi connectivity index (χ2v) is 5.62. The number of ketones is 1. The van der Waals surface area contributed by atoms with Crippen LogP contribution in [-0.4, -0.2) is 18.6 Å². The van der Waals surface area contributed by atoms with Gasteiger partial charge in [0.25, 0.3) is 0 Å². The number of hydrogen-bond donors (Lipinski definition) is 2. The summed E-state index contributed by atoms with van der Waals surface area (Å²) in [6.45, 7) is 3.54. The molecule has 2 aromatic rings. The first-order valence-electron chi connectivity index (χ1n) is 7.33. The Morgan fingerprint density at radius 3 is 2.64 bits per heavy atom. The number of nitrogen functional groups attached to an aromatic ring is 1. The first-order valence-corrected chi connectivity index (χ1v) is 7.33. The molecule has 0 spiro atoms. The molecule has 0 saturated heterocycles. The number of carbonyl (C=O) groups is 2. The molecule has 0 aromatic heterocycles. The van der Waals surface area contributed by atoms with Crippen LogP contribution in [0.15, 0.2) is 30.3 Å². The van der Waals surface area contributed by atoms with Crippen LogP contribution in [0.25, 0.3) is 11.1 Å². The molecule has 0 radical (unpaired) electrons. The molecule has 0 amide bonds. The van der Waals surface area contributed by atoms with Gasteiger partial charge in [-0.2, -0.15) is 0 Å². The van der Waals surface area contributed by atoms with E-state index in [0.29, 0.717) is 24.1 Å². The summed E-state index contributed by atoms with van der Waals surface area (Å²) in [4.78, 5) is 22.8. The molecule has 0 unspecified atom stereocenters. The van der Waals surface area contributed by atoms with Crippen molar-refractivity contribution >= 4 is 17.8 Å². The Kier molecular flexibility index (Phi) is 3.77. The molecule has 3 N–H and O–H groups in total. The number of aryl methyl sites for hydroxylation is 1. The molecule has 4 nitrogen and oxygen atoms in total. The highest BCUT2D eigenvalue weighted by Crippen LogP contribution is 2.34. The molecule has 0 aliphatic carbocycles. The van der Waals surface area contributed by atoms with Crippen LogP contribution in [0.4, 0.5) is 5.69 Å². The summed E-state index contributed by atoms with van der Waals surface area (Å²) in [7, 11) is 0. The Morgan fingerprint density at radius 1 is 1.23 bits per heavy atom. The normalized spacial score (nSPS) is 13.5. The monoisotopic (exact) mass is 294 g/mol. The number of carbonyl (C=O) groups excluding carboxylic acids is 2. The number of benzene rings is 2. The van der Waals surface area contributed by atoms with Crippen LogP contribution in [0.3, 0.4) is 0 Å². The van der Waals surface area contributed by atoms with Gasteiger partial charge in [0.2, 0.25) is 5.78 Å². The number of anilines is 1. The SMILES string of the molecule is Cc1ccc(-c2cc(C(=O)C=O)c(N)c3c2CCNC3)cc1. The molecule has 0 bridgehead atoms. The largest absolute Gasteiger partial charge is 0.398 e. The zero-order valence-corrected chi connectivity index (χ0v) is 12.5. The highest BCUT2D eigenvalue weighted by atomic mass is 16.2. The van der Waals surface area contributed by atoms with E-state index in [1.54, 1.807) is 6.07 Å². The van der Waals surface area contributed by atoms with Crippen LogP contribution < -0.4 is 11.1 Å². The zero-order chi connectivity index (χ0) is 15.7. The van der Waals surface area contributed by atoms with Crippen molar-refractivity contribution in [2.24, 2.45) is 0 Å². The number of hydrogen-bond acceptors (Lipinski definition) is 4. The van der Waals surface area contributed by atoms with E-state index < -0.39 is 5.78 Å². The second kappa shape index (κ2) is 5.73. The highest BCUT2D eigenvalue weighted by molar-refractivity contribution is 6.35. The Morgan fingerprint density at radius 2 is 1.95 bits per heavy atom. The molecule has 1 aliphatic rings. The van der Waals surface area contributed by atoms with Crippen LogP contribution in [0.5, 0.6) is 0 Å². The minimum absolute atomic E-state index is 0.299. The fourth-order valence-corrected chi connectivity index (χ4v) is 2.97. The van der Waals surface area contributed by atoms with Gasteiger partial charge >= 0.3 is 0 Å². The predicted molar refractivity (Wildman–Crippen MR) is 86.8 cm³/mol. The number of aldehydes is 1. The second-order valence-electron chi connectivity index (χ2n) is 5.62. The average molecular weight is 294 g/mol. The molecule has 1 aliphatic heterocycles. The first kappa shape index (κ1) is 14.5. The molecular weight excluding hydrogens is 276 g/mol. The van der Waals surface area contributed by atoms with Gasteiger partial charge in [-0.1, -0.05) is 29.8 Å². The number of nitrogens with one attached hydrogen (secondary N) is 1. The summed E-state index contributed by atoms with van der Waals surface area (Å²) in [6.07, 6.45) is 1.19. The van der Waals surface area contributed by atoms with Crippen molar-refractivity contribution in [1.82, 2.24) is 5.32 Å². The molecule has 3 rings (SSSR count). The number of Topliss-reactive ketones (excluding diaryl/α,β-unsaturated/α-hetero) is 1. The van der Waals surface area contributed by atoms with Crippen LogP contribution in [0.2, 0.25) is 0 Å². The molecule has 112 valence electrons. The van der Waals surface area contributed by atoms with Crippen molar-refractivity contribution in [3.05, 3.63) is 52.6 Å². The minimum atomic E-state index is -0.570. The summed E-state index contributed by atoms with van der Waals surface area (Å²) in [5.74, 6) is -0.570. The molecule has 0 saturated carbocycles. The summed E-state index contributed by atoms with van der Waals surface area (Å²) in [5, 5.41) is 3.27. The van der Waals surface area contributed by atoms with Gasteiger partial charge < -0.3 is 11.1 Å². The van der Waals surface area contributed by atoms with Crippen LogP contribution in [0, 0.1) is 6.92 Å². The van der Waals surface area contributed by atoms with Gasteiger partial charge in [0.1, 0.15) is 0 Å². The van der Waals surface area contributed by atoms with E-state index in [9.17, 15) is 9.59 Å². The Balaban J connectivity index is 2.26. The Hall–Kier alpha value is -2.46. The first-order chi connectivity index (χ1) is 10.6. The van der Waals surface area contributed by atoms with Gasteiger partial charge in [0.15, 0.2) is 6.29 Å². The van der Waals surface area contributed by atoms with E-state index in [-0.39, 0.29) is 0 Å². The standard InChI is InChI=1S/C18H18N2O2/c1-11-2-4-12(5-3-11)14-8-15(17(22)10-21)18(19)16-9-20-7-6-13(14)16/h2-5,8,10,20H,6-7,9,19H2,1H3. The van der Waals surface area contributed by atoms with Gasteiger partial charge in [0, 0.05) is 17.8 Å². The van der Waals surface area contributed by atoms with E-state index in [1.165, 1.54) is 11.1 Å². The van der Waals surface area contributed by atoms with Crippen LogP contribution in [0.1, 0.15) is 27.0 Å². The van der Waals surface area contributed by atoms with E-state index >= 15 is 0 Å².